The normalized spacial score (nSPS) is 30.2. The third-order valence-electron chi connectivity index (χ3n) is 4.28. The van der Waals surface area contributed by atoms with Gasteiger partial charge in [-0.3, -0.25) is 9.59 Å². The average Bonchev–Trinajstić information content (AvgIpc) is 2.38. The number of carboxylic acid groups (broad SMARTS) is 1. The highest BCUT2D eigenvalue weighted by molar-refractivity contribution is 5.80. The number of piperidine rings is 1. The molecule has 1 saturated carbocycles. The molecule has 0 bridgehead atoms. The predicted octanol–water partition coefficient (Wildman–Crippen LogP) is 2.14. The first kappa shape index (κ1) is 13.4. The Morgan fingerprint density at radius 2 is 1.72 bits per heavy atom. The summed E-state index contributed by atoms with van der Waals surface area (Å²) in [4.78, 5) is 25.3. The zero-order valence-corrected chi connectivity index (χ0v) is 11.1. The molecule has 102 valence electrons. The van der Waals surface area contributed by atoms with Crippen LogP contribution in [0.4, 0.5) is 0 Å². The van der Waals surface area contributed by atoms with Gasteiger partial charge in [0, 0.05) is 19.0 Å². The summed E-state index contributed by atoms with van der Waals surface area (Å²) in [5.41, 5.74) is 0. The number of amides is 1. The molecule has 0 aromatic carbocycles. The lowest BCUT2D eigenvalue weighted by Gasteiger charge is -2.37. The molecule has 2 fully saturated rings. The second-order valence-electron chi connectivity index (χ2n) is 5.95. The lowest BCUT2D eigenvalue weighted by atomic mass is 9.85. The van der Waals surface area contributed by atoms with Gasteiger partial charge in [-0.05, 0) is 25.2 Å². The Balaban J connectivity index is 1.98. The van der Waals surface area contributed by atoms with E-state index in [9.17, 15) is 9.59 Å². The highest BCUT2D eigenvalue weighted by Crippen LogP contribution is 2.29. The van der Waals surface area contributed by atoms with Gasteiger partial charge in [0.2, 0.25) is 5.91 Å². The molecule has 1 aliphatic carbocycles. The summed E-state index contributed by atoms with van der Waals surface area (Å²) in [5.74, 6) is -0.484. The molecule has 2 aliphatic rings. The molecule has 0 spiro atoms. The number of carboxylic acids is 1. The first-order valence-corrected chi connectivity index (χ1v) is 7.09. The molecule has 0 radical (unpaired) electrons. The molecule has 1 amide bonds. The Morgan fingerprint density at radius 1 is 1.06 bits per heavy atom. The van der Waals surface area contributed by atoms with Crippen molar-refractivity contribution in [2.75, 3.05) is 13.1 Å². The summed E-state index contributed by atoms with van der Waals surface area (Å²) in [6.45, 7) is 3.18. The summed E-state index contributed by atoms with van der Waals surface area (Å²) in [6, 6.07) is 0. The minimum absolute atomic E-state index is 0.151. The first-order chi connectivity index (χ1) is 8.58. The fourth-order valence-electron chi connectivity index (χ4n) is 3.32. The Morgan fingerprint density at radius 3 is 2.33 bits per heavy atom. The van der Waals surface area contributed by atoms with Crippen LogP contribution in [0.2, 0.25) is 0 Å². The van der Waals surface area contributed by atoms with Gasteiger partial charge in [-0.15, -0.1) is 0 Å². The van der Waals surface area contributed by atoms with Gasteiger partial charge in [0.1, 0.15) is 0 Å². The summed E-state index contributed by atoms with van der Waals surface area (Å²) < 4.78 is 0. The molecule has 2 rings (SSSR count). The number of rotatable bonds is 2. The van der Waals surface area contributed by atoms with Gasteiger partial charge in [-0.1, -0.05) is 26.2 Å². The van der Waals surface area contributed by atoms with Gasteiger partial charge in [0.05, 0.1) is 5.92 Å². The summed E-state index contributed by atoms with van der Waals surface area (Å²) in [7, 11) is 0. The van der Waals surface area contributed by atoms with Gasteiger partial charge in [-0.2, -0.15) is 0 Å². The topological polar surface area (TPSA) is 57.6 Å². The molecule has 1 aliphatic heterocycles. The highest BCUT2D eigenvalue weighted by atomic mass is 16.4. The maximum Gasteiger partial charge on any atom is 0.308 e. The molecular formula is C14H23NO3. The van der Waals surface area contributed by atoms with Crippen molar-refractivity contribution in [1.82, 2.24) is 4.90 Å². The molecule has 1 saturated heterocycles. The number of nitrogens with zero attached hydrogens (tertiary/aromatic N) is 1. The molecular weight excluding hydrogens is 230 g/mol. The number of hydrogen-bond donors (Lipinski definition) is 1. The molecule has 18 heavy (non-hydrogen) atoms. The van der Waals surface area contributed by atoms with Crippen molar-refractivity contribution in [3.63, 3.8) is 0 Å². The lowest BCUT2D eigenvalue weighted by Crippen LogP contribution is -2.47. The molecule has 0 aromatic heterocycles. The summed E-state index contributed by atoms with van der Waals surface area (Å²) >= 11 is 0. The van der Waals surface area contributed by atoms with Crippen LogP contribution in [-0.4, -0.2) is 35.0 Å². The number of hydrogen-bond acceptors (Lipinski definition) is 2. The first-order valence-electron chi connectivity index (χ1n) is 7.09. The van der Waals surface area contributed by atoms with E-state index in [-0.39, 0.29) is 17.7 Å². The van der Waals surface area contributed by atoms with E-state index < -0.39 is 5.97 Å². The third kappa shape index (κ3) is 3.03. The third-order valence-corrected chi connectivity index (χ3v) is 4.28. The van der Waals surface area contributed by atoms with Gasteiger partial charge < -0.3 is 10.0 Å². The Hall–Kier alpha value is -1.06. The van der Waals surface area contributed by atoms with Crippen molar-refractivity contribution in [3.05, 3.63) is 0 Å². The number of likely N-dealkylation sites (tertiary alicyclic amines) is 1. The molecule has 0 aromatic rings. The van der Waals surface area contributed by atoms with Crippen molar-refractivity contribution in [3.8, 4) is 0 Å². The number of carbonyl (C=O) groups excluding carboxylic acids is 1. The summed E-state index contributed by atoms with van der Waals surface area (Å²) in [6.07, 6.45) is 6.19. The van der Waals surface area contributed by atoms with Gasteiger partial charge in [0.25, 0.3) is 0 Å². The van der Waals surface area contributed by atoms with Gasteiger partial charge in [-0.25, -0.2) is 0 Å². The van der Waals surface area contributed by atoms with Gasteiger partial charge in [0.15, 0.2) is 0 Å². The standard InChI is InChI=1S/C14H23NO3/c1-10-7-12(14(17)18)9-15(8-10)13(16)11-5-3-2-4-6-11/h10-12H,2-9H2,1H3,(H,17,18). The number of carbonyl (C=O) groups is 2. The minimum atomic E-state index is -0.761. The highest BCUT2D eigenvalue weighted by Gasteiger charge is 2.34. The molecule has 4 heteroatoms. The predicted molar refractivity (Wildman–Crippen MR) is 68.1 cm³/mol. The summed E-state index contributed by atoms with van der Waals surface area (Å²) in [5, 5.41) is 9.13. The maximum atomic E-state index is 12.4. The zero-order valence-electron chi connectivity index (χ0n) is 11.1. The van der Waals surface area contributed by atoms with Crippen molar-refractivity contribution in [2.24, 2.45) is 17.8 Å². The van der Waals surface area contributed by atoms with E-state index in [2.05, 4.69) is 0 Å². The fraction of sp³-hybridized carbons (Fsp3) is 0.857. The van der Waals surface area contributed by atoms with Crippen LogP contribution in [0.5, 0.6) is 0 Å². The number of aliphatic carboxylic acids is 1. The van der Waals surface area contributed by atoms with Crippen LogP contribution < -0.4 is 0 Å². The van der Waals surface area contributed by atoms with E-state index in [0.29, 0.717) is 18.9 Å². The van der Waals surface area contributed by atoms with Crippen LogP contribution in [0.3, 0.4) is 0 Å². The van der Waals surface area contributed by atoms with E-state index in [1.165, 1.54) is 6.42 Å². The van der Waals surface area contributed by atoms with Crippen LogP contribution in [0.15, 0.2) is 0 Å². The Kier molecular flexibility index (Phi) is 4.25. The van der Waals surface area contributed by atoms with E-state index in [1.54, 1.807) is 0 Å². The second-order valence-corrected chi connectivity index (χ2v) is 5.95. The van der Waals surface area contributed by atoms with Gasteiger partial charge >= 0.3 is 5.97 Å². The quantitative estimate of drug-likeness (QED) is 0.820. The van der Waals surface area contributed by atoms with E-state index in [0.717, 1.165) is 32.2 Å². The van der Waals surface area contributed by atoms with Crippen molar-refractivity contribution in [1.29, 1.82) is 0 Å². The minimum Gasteiger partial charge on any atom is -0.481 e. The van der Waals surface area contributed by atoms with E-state index >= 15 is 0 Å². The van der Waals surface area contributed by atoms with E-state index in [1.807, 2.05) is 11.8 Å². The molecule has 1 N–H and O–H groups in total. The van der Waals surface area contributed by atoms with Crippen LogP contribution in [0, 0.1) is 17.8 Å². The molecule has 1 heterocycles. The lowest BCUT2D eigenvalue weighted by molar-refractivity contribution is -0.148. The van der Waals surface area contributed by atoms with Crippen molar-refractivity contribution in [2.45, 2.75) is 45.4 Å². The fourth-order valence-corrected chi connectivity index (χ4v) is 3.32. The molecule has 2 atom stereocenters. The van der Waals surface area contributed by atoms with Crippen LogP contribution >= 0.6 is 0 Å². The van der Waals surface area contributed by atoms with Crippen molar-refractivity contribution >= 4 is 11.9 Å². The Bertz CT molecular complexity index is 323. The monoisotopic (exact) mass is 253 g/mol. The molecule has 2 unspecified atom stereocenters. The largest absolute Gasteiger partial charge is 0.481 e. The smallest absolute Gasteiger partial charge is 0.308 e. The molecule has 4 nitrogen and oxygen atoms in total. The van der Waals surface area contributed by atoms with Crippen LogP contribution in [0.1, 0.15) is 45.4 Å². The zero-order chi connectivity index (χ0) is 13.1. The second kappa shape index (κ2) is 5.72. The SMILES string of the molecule is CC1CC(C(=O)O)CN(C(=O)C2CCCCC2)C1. The van der Waals surface area contributed by atoms with Crippen LogP contribution in [-0.2, 0) is 9.59 Å². The average molecular weight is 253 g/mol. The Labute approximate surface area is 108 Å². The van der Waals surface area contributed by atoms with E-state index in [4.69, 9.17) is 5.11 Å². The van der Waals surface area contributed by atoms with Crippen LogP contribution in [0.25, 0.3) is 0 Å². The van der Waals surface area contributed by atoms with Crippen molar-refractivity contribution < 1.29 is 14.7 Å². The maximum absolute atomic E-state index is 12.4.